The Labute approximate surface area is 216 Å². The van der Waals surface area contributed by atoms with E-state index in [-0.39, 0.29) is 17.7 Å². The van der Waals surface area contributed by atoms with E-state index >= 15 is 0 Å². The van der Waals surface area contributed by atoms with E-state index in [1.807, 2.05) is 23.1 Å². The van der Waals surface area contributed by atoms with E-state index in [4.69, 9.17) is 0 Å². The van der Waals surface area contributed by atoms with Gasteiger partial charge in [0.2, 0.25) is 5.91 Å². The summed E-state index contributed by atoms with van der Waals surface area (Å²) in [6.07, 6.45) is 4.45. The molecule has 3 aromatic carbocycles. The number of rotatable bonds is 4. The van der Waals surface area contributed by atoms with E-state index in [1.54, 1.807) is 6.20 Å². The van der Waals surface area contributed by atoms with Gasteiger partial charge in [0, 0.05) is 42.4 Å². The Morgan fingerprint density at radius 1 is 0.973 bits per heavy atom. The monoisotopic (exact) mass is 490 g/mol. The van der Waals surface area contributed by atoms with Crippen LogP contribution in [0.1, 0.15) is 63.7 Å². The predicted molar refractivity (Wildman–Crippen MR) is 142 cm³/mol. The Bertz CT molecular complexity index is 1460. The summed E-state index contributed by atoms with van der Waals surface area (Å²) in [5, 5.41) is 11.2. The minimum absolute atomic E-state index is 0.0154. The van der Waals surface area contributed by atoms with Gasteiger partial charge in [0.25, 0.3) is 5.91 Å². The topological polar surface area (TPSA) is 78.1 Å². The van der Waals surface area contributed by atoms with Gasteiger partial charge in [-0.3, -0.25) is 14.7 Å². The standard InChI is InChI=1S/C31H30N4O2/c36-30(20-6-5-13-35(18-20)31(37)19-11-12-28-21(14-19)17-33-34-28)32-16-22-15-27-23-7-1-3-9-25(23)29(22)26-10-4-2-8-24(26)27/h1-4,7-12,14,17,20,22,27,29H,5-6,13,15-16,18H2,(H,32,36)(H,33,34). The third-order valence-electron chi connectivity index (χ3n) is 8.73. The van der Waals surface area contributed by atoms with Crippen molar-refractivity contribution in [2.24, 2.45) is 11.8 Å². The first kappa shape index (κ1) is 22.3. The van der Waals surface area contributed by atoms with Crippen molar-refractivity contribution in [2.75, 3.05) is 19.6 Å². The van der Waals surface area contributed by atoms with Crippen molar-refractivity contribution in [1.82, 2.24) is 20.4 Å². The van der Waals surface area contributed by atoms with Crippen LogP contribution in [0.15, 0.2) is 72.9 Å². The van der Waals surface area contributed by atoms with E-state index in [9.17, 15) is 9.59 Å². The van der Waals surface area contributed by atoms with E-state index in [2.05, 4.69) is 64.0 Å². The minimum atomic E-state index is -0.171. The van der Waals surface area contributed by atoms with Crippen LogP contribution >= 0.6 is 0 Å². The lowest BCUT2D eigenvalue weighted by atomic mass is 9.59. The number of carbonyl (C=O) groups excluding carboxylic acids is 2. The average Bonchev–Trinajstić information content (AvgIpc) is 3.44. The highest BCUT2D eigenvalue weighted by atomic mass is 16.2. The fourth-order valence-electron chi connectivity index (χ4n) is 6.97. The highest BCUT2D eigenvalue weighted by Crippen LogP contribution is 2.55. The minimum Gasteiger partial charge on any atom is -0.355 e. The summed E-state index contributed by atoms with van der Waals surface area (Å²) in [7, 11) is 0. The maximum absolute atomic E-state index is 13.3. The molecule has 1 aromatic heterocycles. The maximum atomic E-state index is 13.3. The second-order valence-electron chi connectivity index (χ2n) is 10.8. The van der Waals surface area contributed by atoms with Gasteiger partial charge >= 0.3 is 0 Å². The largest absolute Gasteiger partial charge is 0.355 e. The second kappa shape index (κ2) is 8.87. The summed E-state index contributed by atoms with van der Waals surface area (Å²) in [5.74, 6) is 0.983. The number of aromatic amines is 1. The van der Waals surface area contributed by atoms with Crippen molar-refractivity contribution < 1.29 is 9.59 Å². The van der Waals surface area contributed by atoms with Gasteiger partial charge in [-0.25, -0.2) is 0 Å². The molecule has 1 fully saturated rings. The van der Waals surface area contributed by atoms with E-state index in [0.717, 1.165) is 30.2 Å². The summed E-state index contributed by atoms with van der Waals surface area (Å²) in [6, 6.07) is 23.2. The highest BCUT2D eigenvalue weighted by molar-refractivity contribution is 5.98. The van der Waals surface area contributed by atoms with Crippen molar-refractivity contribution in [3.8, 4) is 0 Å². The lowest BCUT2D eigenvalue weighted by Gasteiger charge is -2.45. The molecule has 6 heteroatoms. The van der Waals surface area contributed by atoms with E-state index < -0.39 is 0 Å². The number of fused-ring (bicyclic) bond motifs is 2. The van der Waals surface area contributed by atoms with Crippen LogP contribution < -0.4 is 5.32 Å². The number of amides is 2. The van der Waals surface area contributed by atoms with Crippen molar-refractivity contribution in [1.29, 1.82) is 0 Å². The first-order valence-electron chi connectivity index (χ1n) is 13.3. The van der Waals surface area contributed by atoms with Crippen LogP contribution in [-0.2, 0) is 4.79 Å². The number of nitrogens with zero attached hydrogens (tertiary/aromatic N) is 2. The van der Waals surface area contributed by atoms with Crippen molar-refractivity contribution in [3.05, 3.63) is 101 Å². The molecule has 8 rings (SSSR count). The van der Waals surface area contributed by atoms with Gasteiger partial charge in [0.05, 0.1) is 17.6 Å². The molecule has 6 nitrogen and oxygen atoms in total. The normalized spacial score (nSPS) is 23.9. The summed E-state index contributed by atoms with van der Waals surface area (Å²) < 4.78 is 0. The molecule has 3 aliphatic carbocycles. The average molecular weight is 491 g/mol. The van der Waals surface area contributed by atoms with Gasteiger partial charge in [-0.2, -0.15) is 5.10 Å². The smallest absolute Gasteiger partial charge is 0.253 e. The number of H-pyrrole nitrogens is 1. The lowest BCUT2D eigenvalue weighted by Crippen LogP contribution is -2.47. The molecule has 2 atom stereocenters. The molecule has 0 spiro atoms. The lowest BCUT2D eigenvalue weighted by molar-refractivity contribution is -0.126. The van der Waals surface area contributed by atoms with Crippen LogP contribution in [-0.4, -0.2) is 46.5 Å². The van der Waals surface area contributed by atoms with E-state index in [0.29, 0.717) is 43.0 Å². The number of carbonyl (C=O) groups is 2. The third kappa shape index (κ3) is 3.74. The molecule has 1 saturated heterocycles. The fourth-order valence-corrected chi connectivity index (χ4v) is 6.97. The van der Waals surface area contributed by atoms with Crippen LogP contribution in [0.4, 0.5) is 0 Å². The molecule has 2 heterocycles. The Morgan fingerprint density at radius 3 is 2.46 bits per heavy atom. The number of nitrogens with one attached hydrogen (secondary N) is 2. The summed E-state index contributed by atoms with van der Waals surface area (Å²) in [4.78, 5) is 28.4. The fraction of sp³-hybridized carbons (Fsp3) is 0.323. The van der Waals surface area contributed by atoms with Crippen molar-refractivity contribution >= 4 is 22.7 Å². The summed E-state index contributed by atoms with van der Waals surface area (Å²) >= 11 is 0. The van der Waals surface area contributed by atoms with Crippen LogP contribution in [0.5, 0.6) is 0 Å². The van der Waals surface area contributed by atoms with Crippen LogP contribution in [0, 0.1) is 11.8 Å². The van der Waals surface area contributed by atoms with Crippen molar-refractivity contribution in [3.63, 3.8) is 0 Å². The molecule has 2 N–H and O–H groups in total. The first-order chi connectivity index (χ1) is 18.2. The summed E-state index contributed by atoms with van der Waals surface area (Å²) in [6.45, 7) is 1.83. The number of piperidine rings is 1. The molecule has 2 amide bonds. The van der Waals surface area contributed by atoms with Gasteiger partial charge < -0.3 is 10.2 Å². The second-order valence-corrected chi connectivity index (χ2v) is 10.8. The molecule has 1 aliphatic heterocycles. The number of likely N-dealkylation sites (tertiary alicyclic amines) is 1. The van der Waals surface area contributed by atoms with Gasteiger partial charge in [0.1, 0.15) is 0 Å². The predicted octanol–water partition coefficient (Wildman–Crippen LogP) is 4.83. The SMILES string of the molecule is O=C(NCC1CC2c3ccccc3C1c1ccccc12)C1CCCN(C(=O)c2ccc3[nH]ncc3c2)C1. The Kier molecular flexibility index (Phi) is 5.34. The zero-order chi connectivity index (χ0) is 24.9. The molecular formula is C31H30N4O2. The number of hydrogen-bond acceptors (Lipinski definition) is 3. The molecule has 4 aromatic rings. The maximum Gasteiger partial charge on any atom is 0.253 e. The van der Waals surface area contributed by atoms with Crippen LogP contribution in [0.2, 0.25) is 0 Å². The molecular weight excluding hydrogens is 460 g/mol. The molecule has 37 heavy (non-hydrogen) atoms. The Balaban J connectivity index is 1.04. The Morgan fingerprint density at radius 2 is 1.70 bits per heavy atom. The van der Waals surface area contributed by atoms with Gasteiger partial charge in [-0.1, -0.05) is 48.5 Å². The third-order valence-corrected chi connectivity index (χ3v) is 8.73. The first-order valence-corrected chi connectivity index (χ1v) is 13.3. The molecule has 0 saturated carbocycles. The molecule has 2 unspecified atom stereocenters. The van der Waals surface area contributed by atoms with Gasteiger partial charge in [-0.15, -0.1) is 0 Å². The van der Waals surface area contributed by atoms with Crippen molar-refractivity contribution in [2.45, 2.75) is 31.1 Å². The zero-order valence-electron chi connectivity index (χ0n) is 20.7. The van der Waals surface area contributed by atoms with E-state index in [1.165, 1.54) is 22.3 Å². The van der Waals surface area contributed by atoms with Crippen LogP contribution in [0.25, 0.3) is 10.9 Å². The van der Waals surface area contributed by atoms with Crippen LogP contribution in [0.3, 0.4) is 0 Å². The molecule has 4 aliphatic rings. The number of benzene rings is 3. The molecule has 186 valence electrons. The summed E-state index contributed by atoms with van der Waals surface area (Å²) in [5.41, 5.74) is 7.29. The zero-order valence-corrected chi connectivity index (χ0v) is 20.7. The number of aromatic nitrogens is 2. The molecule has 2 bridgehead atoms. The molecule has 0 radical (unpaired) electrons. The quantitative estimate of drug-likeness (QED) is 0.430. The Hall–Kier alpha value is -3.93. The van der Waals surface area contributed by atoms with Gasteiger partial charge in [-0.05, 0) is 65.6 Å². The number of hydrogen-bond donors (Lipinski definition) is 2. The van der Waals surface area contributed by atoms with Gasteiger partial charge in [0.15, 0.2) is 0 Å². The highest BCUT2D eigenvalue weighted by Gasteiger charge is 2.43.